The minimum atomic E-state index is -3.86. The molecule has 41 heavy (non-hydrogen) atoms. The number of anilines is 1. The Hall–Kier alpha value is -3.40. The Balaban J connectivity index is 1.22. The summed E-state index contributed by atoms with van der Waals surface area (Å²) in [5.74, 6) is -0.0387. The Bertz CT molecular complexity index is 1630. The van der Waals surface area contributed by atoms with E-state index in [9.17, 15) is 13.2 Å². The lowest BCUT2D eigenvalue weighted by molar-refractivity contribution is 0.0761. The van der Waals surface area contributed by atoms with Crippen LogP contribution in [0.3, 0.4) is 0 Å². The van der Waals surface area contributed by atoms with Gasteiger partial charge in [0.25, 0.3) is 15.9 Å². The first-order chi connectivity index (χ1) is 19.6. The molecule has 0 atom stereocenters. The molecule has 0 bridgehead atoms. The highest BCUT2D eigenvalue weighted by atomic mass is 32.2. The number of thioether (sulfide) groups is 1. The third-order valence-electron chi connectivity index (χ3n) is 6.93. The molecule has 214 valence electrons. The van der Waals surface area contributed by atoms with E-state index in [1.807, 2.05) is 28.8 Å². The van der Waals surface area contributed by atoms with Gasteiger partial charge in [-0.3, -0.25) is 19.4 Å². The molecule has 0 unspecified atom stereocenters. The fourth-order valence-corrected chi connectivity index (χ4v) is 7.31. The number of nitrogens with one attached hydrogen (secondary N) is 1. The summed E-state index contributed by atoms with van der Waals surface area (Å²) >= 11 is 1.89. The number of nitrogens with zero attached hydrogens (tertiary/aromatic N) is 3. The van der Waals surface area contributed by atoms with E-state index in [1.165, 1.54) is 10.5 Å². The molecular weight excluding hydrogens is 553 g/mol. The number of carbonyl (C=O) groups is 1. The van der Waals surface area contributed by atoms with Crippen molar-refractivity contribution in [3.8, 4) is 0 Å². The third kappa shape index (κ3) is 7.28. The van der Waals surface area contributed by atoms with Crippen molar-refractivity contribution < 1.29 is 13.2 Å². The topological polar surface area (TPSA) is 82.6 Å². The predicted molar refractivity (Wildman–Crippen MR) is 167 cm³/mol. The Morgan fingerprint density at radius 1 is 0.902 bits per heavy atom. The Kier molecular flexibility index (Phi) is 8.68. The highest BCUT2D eigenvalue weighted by Crippen LogP contribution is 2.34. The molecule has 1 fully saturated rings. The zero-order valence-electron chi connectivity index (χ0n) is 23.7. The zero-order valence-corrected chi connectivity index (χ0v) is 25.3. The molecule has 0 aliphatic carbocycles. The molecular formula is C32H36N4O3S2. The van der Waals surface area contributed by atoms with Gasteiger partial charge >= 0.3 is 0 Å². The lowest BCUT2D eigenvalue weighted by Gasteiger charge is -2.25. The van der Waals surface area contributed by atoms with Gasteiger partial charge in [-0.05, 0) is 54.4 Å². The number of amides is 1. The molecule has 5 rings (SSSR count). The minimum Gasteiger partial charge on any atom is -0.337 e. The fraction of sp³-hybridized carbons (Fsp3) is 0.312. The van der Waals surface area contributed by atoms with Crippen LogP contribution >= 0.6 is 11.8 Å². The first-order valence-electron chi connectivity index (χ1n) is 13.8. The van der Waals surface area contributed by atoms with Gasteiger partial charge in [-0.25, -0.2) is 8.42 Å². The van der Waals surface area contributed by atoms with Gasteiger partial charge in [-0.2, -0.15) is 0 Å². The number of hydrogen-bond acceptors (Lipinski definition) is 6. The molecule has 1 aliphatic rings. The molecule has 3 aromatic carbocycles. The molecule has 0 radical (unpaired) electrons. The second-order valence-corrected chi connectivity index (χ2v) is 14.8. The van der Waals surface area contributed by atoms with Crippen molar-refractivity contribution in [1.82, 2.24) is 14.8 Å². The van der Waals surface area contributed by atoms with E-state index in [0.717, 1.165) is 31.4 Å². The van der Waals surface area contributed by atoms with E-state index in [2.05, 4.69) is 59.6 Å². The van der Waals surface area contributed by atoms with Gasteiger partial charge in [-0.15, -0.1) is 11.8 Å². The lowest BCUT2D eigenvalue weighted by atomic mass is 10.2. The third-order valence-corrected chi connectivity index (χ3v) is 9.57. The van der Waals surface area contributed by atoms with Gasteiger partial charge < -0.3 is 4.90 Å². The second-order valence-electron chi connectivity index (χ2n) is 11.3. The normalized spacial score (nSPS) is 15.0. The molecule has 1 N–H and O–H groups in total. The molecule has 1 aliphatic heterocycles. The molecule has 4 aromatic rings. The zero-order chi connectivity index (χ0) is 29.0. The number of aromatic nitrogens is 1. The monoisotopic (exact) mass is 588 g/mol. The summed E-state index contributed by atoms with van der Waals surface area (Å²) in [6.45, 7) is 10.6. The van der Waals surface area contributed by atoms with Crippen molar-refractivity contribution in [1.29, 1.82) is 0 Å². The van der Waals surface area contributed by atoms with Crippen molar-refractivity contribution in [3.05, 3.63) is 96.2 Å². The number of rotatable bonds is 7. The van der Waals surface area contributed by atoms with Gasteiger partial charge in [-0.1, -0.05) is 57.2 Å². The van der Waals surface area contributed by atoms with E-state index >= 15 is 0 Å². The van der Waals surface area contributed by atoms with Crippen LogP contribution in [-0.4, -0.2) is 60.0 Å². The number of benzene rings is 3. The Morgan fingerprint density at radius 2 is 1.66 bits per heavy atom. The summed E-state index contributed by atoms with van der Waals surface area (Å²) < 4.78 is 29.0. The number of para-hydroxylation sites is 1. The summed E-state index contributed by atoms with van der Waals surface area (Å²) in [4.78, 5) is 23.4. The first-order valence-corrected chi connectivity index (χ1v) is 16.1. The van der Waals surface area contributed by atoms with Gasteiger partial charge in [0.05, 0.1) is 5.52 Å². The van der Waals surface area contributed by atoms with Gasteiger partial charge in [0.1, 0.15) is 4.90 Å². The minimum absolute atomic E-state index is 0.0387. The van der Waals surface area contributed by atoms with Crippen LogP contribution in [0.5, 0.6) is 0 Å². The largest absolute Gasteiger partial charge is 0.337 e. The van der Waals surface area contributed by atoms with Crippen molar-refractivity contribution in [2.45, 2.75) is 48.3 Å². The first kappa shape index (κ1) is 29.1. The summed E-state index contributed by atoms with van der Waals surface area (Å²) in [5, 5.41) is 0.750. The lowest BCUT2D eigenvalue weighted by Crippen LogP contribution is -2.35. The van der Waals surface area contributed by atoms with Crippen LogP contribution in [0.1, 0.15) is 43.1 Å². The quantitative estimate of drug-likeness (QED) is 0.256. The summed E-state index contributed by atoms with van der Waals surface area (Å²) in [7, 11) is -3.86. The van der Waals surface area contributed by atoms with E-state index in [1.54, 1.807) is 48.7 Å². The maximum absolute atomic E-state index is 13.3. The molecule has 1 aromatic heterocycles. The highest BCUT2D eigenvalue weighted by molar-refractivity contribution is 8.00. The Morgan fingerprint density at radius 3 is 2.44 bits per heavy atom. The molecule has 9 heteroatoms. The van der Waals surface area contributed by atoms with E-state index in [4.69, 9.17) is 0 Å². The predicted octanol–water partition coefficient (Wildman–Crippen LogP) is 6.27. The maximum atomic E-state index is 13.3. The molecule has 1 amide bonds. The standard InChI is InChI=1S/C32H36N4O3S2/c1-32(2,3)40-28-12-5-4-9-26(28)23-35-19-8-20-36(22-21-35)31(37)25-14-16-27(17-15-25)34-41(38,39)29-13-6-10-24-11-7-18-33-30(24)29/h4-7,9-18,34H,8,19-23H2,1-3H3. The van der Waals surface area contributed by atoms with Crippen molar-refractivity contribution in [2.24, 2.45) is 0 Å². The average Bonchev–Trinajstić information content (AvgIpc) is 3.18. The van der Waals surface area contributed by atoms with Crippen LogP contribution in [0.4, 0.5) is 5.69 Å². The van der Waals surface area contributed by atoms with E-state index in [-0.39, 0.29) is 15.5 Å². The van der Waals surface area contributed by atoms with Crippen molar-refractivity contribution in [2.75, 3.05) is 30.9 Å². The molecule has 7 nitrogen and oxygen atoms in total. The average molecular weight is 589 g/mol. The summed E-state index contributed by atoms with van der Waals surface area (Å²) in [6, 6.07) is 23.9. The van der Waals surface area contributed by atoms with Gasteiger partial charge in [0.2, 0.25) is 0 Å². The van der Waals surface area contributed by atoms with Crippen LogP contribution in [0.25, 0.3) is 10.9 Å². The molecule has 2 heterocycles. The van der Waals surface area contributed by atoms with E-state index in [0.29, 0.717) is 29.9 Å². The van der Waals surface area contributed by atoms with Crippen molar-refractivity contribution >= 4 is 44.3 Å². The molecule has 0 spiro atoms. The van der Waals surface area contributed by atoms with Crippen LogP contribution in [0, 0.1) is 0 Å². The van der Waals surface area contributed by atoms with Crippen LogP contribution in [-0.2, 0) is 16.6 Å². The molecule has 1 saturated heterocycles. The van der Waals surface area contributed by atoms with Crippen LogP contribution in [0.2, 0.25) is 0 Å². The van der Waals surface area contributed by atoms with Gasteiger partial charge in [0.15, 0.2) is 0 Å². The number of hydrogen-bond donors (Lipinski definition) is 1. The van der Waals surface area contributed by atoms with Crippen LogP contribution in [0.15, 0.2) is 94.9 Å². The molecule has 0 saturated carbocycles. The Labute approximate surface area is 247 Å². The highest BCUT2D eigenvalue weighted by Gasteiger charge is 2.23. The van der Waals surface area contributed by atoms with E-state index < -0.39 is 10.0 Å². The summed E-state index contributed by atoms with van der Waals surface area (Å²) in [6.07, 6.45) is 2.48. The number of pyridine rings is 1. The SMILES string of the molecule is CC(C)(C)Sc1ccccc1CN1CCCN(C(=O)c2ccc(NS(=O)(=O)c3cccc4cccnc34)cc2)CC1. The number of carbonyl (C=O) groups excluding carboxylic acids is 1. The number of fused-ring (bicyclic) bond motifs is 1. The summed E-state index contributed by atoms with van der Waals surface area (Å²) in [5.41, 5.74) is 2.67. The fourth-order valence-electron chi connectivity index (χ4n) is 5.00. The smallest absolute Gasteiger partial charge is 0.264 e. The number of sulfonamides is 1. The van der Waals surface area contributed by atoms with Gasteiger partial charge in [0, 0.05) is 65.2 Å². The second kappa shape index (κ2) is 12.2. The van der Waals surface area contributed by atoms with Crippen molar-refractivity contribution in [3.63, 3.8) is 0 Å². The van der Waals surface area contributed by atoms with Crippen LogP contribution < -0.4 is 4.72 Å². The maximum Gasteiger partial charge on any atom is 0.264 e.